The maximum atomic E-state index is 2.46. The van der Waals surface area contributed by atoms with Crippen LogP contribution in [0.2, 0.25) is 0 Å². The van der Waals surface area contributed by atoms with Crippen molar-refractivity contribution in [2.75, 3.05) is 4.90 Å². The fourth-order valence-corrected chi connectivity index (χ4v) is 9.61. The van der Waals surface area contributed by atoms with Crippen molar-refractivity contribution >= 4 is 59.3 Å². The maximum absolute atomic E-state index is 2.46. The predicted molar refractivity (Wildman–Crippen MR) is 220 cm³/mol. The first kappa shape index (κ1) is 29.9. The smallest absolute Gasteiger partial charge is 0.0540 e. The molecule has 0 radical (unpaired) electrons. The number of nitrogens with zero attached hydrogens (tertiary/aromatic N) is 1. The summed E-state index contributed by atoms with van der Waals surface area (Å²) < 4.78 is 2.67. The molecule has 0 atom stereocenters. The Balaban J connectivity index is 1.16. The highest BCUT2D eigenvalue weighted by Gasteiger charge is 2.35. The molecule has 0 unspecified atom stereocenters. The number of fused-ring (bicyclic) bond motifs is 7. The second-order valence-electron chi connectivity index (χ2n) is 14.1. The maximum Gasteiger partial charge on any atom is 0.0540 e. The van der Waals surface area contributed by atoms with Gasteiger partial charge in [0.05, 0.1) is 5.69 Å². The first-order valence-electron chi connectivity index (χ1n) is 17.7. The van der Waals surface area contributed by atoms with Crippen LogP contribution in [0.3, 0.4) is 0 Å². The van der Waals surface area contributed by atoms with Gasteiger partial charge in [-0.15, -0.1) is 11.3 Å². The van der Waals surface area contributed by atoms with Gasteiger partial charge in [0.2, 0.25) is 0 Å². The third-order valence-electron chi connectivity index (χ3n) is 10.9. The van der Waals surface area contributed by atoms with E-state index < -0.39 is 0 Å². The van der Waals surface area contributed by atoms with Gasteiger partial charge >= 0.3 is 0 Å². The van der Waals surface area contributed by atoms with Crippen molar-refractivity contribution in [3.63, 3.8) is 0 Å². The molecule has 0 amide bonds. The van der Waals surface area contributed by atoms with Gasteiger partial charge < -0.3 is 4.90 Å². The molecular weight excluding hydrogens is 635 g/mol. The van der Waals surface area contributed by atoms with Crippen LogP contribution in [-0.2, 0) is 5.41 Å². The Morgan fingerprint density at radius 2 is 1.02 bits per heavy atom. The van der Waals surface area contributed by atoms with Crippen LogP contribution >= 0.6 is 11.3 Å². The monoisotopic (exact) mass is 669 g/mol. The molecule has 8 aromatic carbocycles. The van der Waals surface area contributed by atoms with Crippen molar-refractivity contribution in [2.45, 2.75) is 19.3 Å². The molecule has 2 heteroatoms. The summed E-state index contributed by atoms with van der Waals surface area (Å²) >= 11 is 1.88. The first-order chi connectivity index (χ1) is 25.1. The van der Waals surface area contributed by atoms with E-state index in [0.29, 0.717) is 0 Å². The Morgan fingerprint density at radius 3 is 1.86 bits per heavy atom. The van der Waals surface area contributed by atoms with E-state index in [4.69, 9.17) is 0 Å². The number of benzene rings is 8. The number of hydrogen-bond acceptors (Lipinski definition) is 2. The van der Waals surface area contributed by atoms with E-state index in [2.05, 4.69) is 195 Å². The summed E-state index contributed by atoms with van der Waals surface area (Å²) in [6.45, 7) is 4.72. The third-order valence-corrected chi connectivity index (χ3v) is 12.1. The SMILES string of the molecule is CC1(C)c2ccccc2-c2ccc(N(c3ccc(-c4cccc5c4sc4ccccc45)cc3)c3ccc(-c4ccccc4)c4ccccc34)cc21. The standard InChI is InChI=1S/C49H35NS/c1-49(2)44-21-10-8-16-39(44)40-28-27-35(31-45(40)49)50(46-30-29-36(32-13-4-3-5-14-32)38-15-6-7-17-41(38)46)34-25-23-33(24-26-34)37-19-12-20-43-42-18-9-11-22-47(42)51-48(37)43/h3-31H,1-2H3. The van der Waals surface area contributed by atoms with E-state index in [9.17, 15) is 0 Å². The minimum atomic E-state index is -0.0976. The summed E-state index contributed by atoms with van der Waals surface area (Å²) in [6.07, 6.45) is 0. The highest BCUT2D eigenvalue weighted by Crippen LogP contribution is 2.51. The van der Waals surface area contributed by atoms with E-state index >= 15 is 0 Å². The lowest BCUT2D eigenvalue weighted by Crippen LogP contribution is -2.16. The third kappa shape index (κ3) is 4.67. The molecule has 242 valence electrons. The van der Waals surface area contributed by atoms with Gasteiger partial charge in [0.1, 0.15) is 0 Å². The van der Waals surface area contributed by atoms with Crippen molar-refractivity contribution in [2.24, 2.45) is 0 Å². The first-order valence-corrected chi connectivity index (χ1v) is 18.5. The zero-order chi connectivity index (χ0) is 34.1. The summed E-state index contributed by atoms with van der Waals surface area (Å²) in [6, 6.07) is 64.8. The van der Waals surface area contributed by atoms with Crippen LogP contribution in [0.15, 0.2) is 176 Å². The van der Waals surface area contributed by atoms with Crippen molar-refractivity contribution in [3.8, 4) is 33.4 Å². The topological polar surface area (TPSA) is 3.24 Å². The van der Waals surface area contributed by atoms with Gasteiger partial charge in [0.15, 0.2) is 0 Å². The normalized spacial score (nSPS) is 13.1. The molecule has 0 fully saturated rings. The zero-order valence-corrected chi connectivity index (χ0v) is 29.4. The molecule has 1 aliphatic rings. The van der Waals surface area contributed by atoms with Crippen LogP contribution in [0.5, 0.6) is 0 Å². The average Bonchev–Trinajstić information content (AvgIpc) is 3.68. The molecule has 51 heavy (non-hydrogen) atoms. The lowest BCUT2D eigenvalue weighted by Gasteiger charge is -2.29. The fourth-order valence-electron chi connectivity index (χ4n) is 8.37. The number of rotatable bonds is 5. The molecule has 0 aliphatic heterocycles. The highest BCUT2D eigenvalue weighted by molar-refractivity contribution is 7.26. The Kier molecular flexibility index (Phi) is 6.78. The van der Waals surface area contributed by atoms with Crippen LogP contribution in [0, 0.1) is 0 Å². The van der Waals surface area contributed by atoms with E-state index in [1.807, 2.05) is 11.3 Å². The summed E-state index contributed by atoms with van der Waals surface area (Å²) in [4.78, 5) is 2.46. The van der Waals surface area contributed by atoms with Gasteiger partial charge in [0.25, 0.3) is 0 Å². The minimum Gasteiger partial charge on any atom is -0.310 e. The van der Waals surface area contributed by atoms with Crippen molar-refractivity contribution < 1.29 is 0 Å². The second kappa shape index (κ2) is 11.6. The summed E-state index contributed by atoms with van der Waals surface area (Å²) in [7, 11) is 0. The number of hydrogen-bond donors (Lipinski definition) is 0. The number of thiophene rings is 1. The Morgan fingerprint density at radius 1 is 0.412 bits per heavy atom. The van der Waals surface area contributed by atoms with Gasteiger partial charge in [-0.05, 0) is 86.3 Å². The molecule has 0 saturated heterocycles. The molecule has 1 aromatic heterocycles. The molecule has 1 nitrogen and oxygen atoms in total. The lowest BCUT2D eigenvalue weighted by molar-refractivity contribution is 0.660. The van der Waals surface area contributed by atoms with Gasteiger partial charge in [-0.2, -0.15) is 0 Å². The van der Waals surface area contributed by atoms with E-state index in [-0.39, 0.29) is 5.41 Å². The Bertz CT molecular complexity index is 2770. The molecule has 10 rings (SSSR count). The fraction of sp³-hybridized carbons (Fsp3) is 0.0612. The van der Waals surface area contributed by atoms with Gasteiger partial charge in [0, 0.05) is 42.3 Å². The van der Waals surface area contributed by atoms with Gasteiger partial charge in [-0.25, -0.2) is 0 Å². The van der Waals surface area contributed by atoms with E-state index in [1.165, 1.54) is 75.5 Å². The molecule has 0 bridgehead atoms. The minimum absolute atomic E-state index is 0.0976. The molecule has 0 N–H and O–H groups in total. The van der Waals surface area contributed by atoms with Gasteiger partial charge in [-0.1, -0.05) is 153 Å². The molecule has 0 saturated carbocycles. The van der Waals surface area contributed by atoms with E-state index in [1.54, 1.807) is 0 Å². The quantitative estimate of drug-likeness (QED) is 0.176. The molecule has 1 heterocycles. The van der Waals surface area contributed by atoms with Gasteiger partial charge in [-0.3, -0.25) is 0 Å². The lowest BCUT2D eigenvalue weighted by atomic mass is 9.82. The molecular formula is C49H35NS. The van der Waals surface area contributed by atoms with Crippen LogP contribution in [0.1, 0.15) is 25.0 Å². The Labute approximate surface area is 302 Å². The molecule has 9 aromatic rings. The van der Waals surface area contributed by atoms with Crippen LogP contribution < -0.4 is 4.90 Å². The summed E-state index contributed by atoms with van der Waals surface area (Å²) in [5.41, 5.74) is 13.8. The summed E-state index contributed by atoms with van der Waals surface area (Å²) in [5, 5.41) is 5.12. The number of anilines is 3. The van der Waals surface area contributed by atoms with E-state index in [0.717, 1.165) is 17.1 Å². The zero-order valence-electron chi connectivity index (χ0n) is 28.6. The van der Waals surface area contributed by atoms with Crippen molar-refractivity contribution in [1.82, 2.24) is 0 Å². The highest BCUT2D eigenvalue weighted by atomic mass is 32.1. The van der Waals surface area contributed by atoms with Crippen LogP contribution in [0.25, 0.3) is 64.3 Å². The van der Waals surface area contributed by atoms with Crippen LogP contribution in [0.4, 0.5) is 17.1 Å². The largest absolute Gasteiger partial charge is 0.310 e. The van der Waals surface area contributed by atoms with Crippen molar-refractivity contribution in [3.05, 3.63) is 187 Å². The van der Waals surface area contributed by atoms with Crippen molar-refractivity contribution in [1.29, 1.82) is 0 Å². The Hall–Kier alpha value is -5.96. The summed E-state index contributed by atoms with van der Waals surface area (Å²) in [5.74, 6) is 0. The molecule has 0 spiro atoms. The predicted octanol–water partition coefficient (Wildman–Crippen LogP) is 14.3. The molecule has 1 aliphatic carbocycles. The van der Waals surface area contributed by atoms with Crippen LogP contribution in [-0.4, -0.2) is 0 Å². The second-order valence-corrected chi connectivity index (χ2v) is 15.2. The average molecular weight is 670 g/mol.